The maximum absolute atomic E-state index is 8.89. The zero-order valence-corrected chi connectivity index (χ0v) is 11.7. The van der Waals surface area contributed by atoms with Crippen LogP contribution in [0.5, 0.6) is 17.4 Å². The van der Waals surface area contributed by atoms with Gasteiger partial charge in [0.25, 0.3) is 0 Å². The van der Waals surface area contributed by atoms with Crippen molar-refractivity contribution in [1.29, 1.82) is 5.26 Å². The predicted molar refractivity (Wildman–Crippen MR) is 76.3 cm³/mol. The van der Waals surface area contributed by atoms with E-state index in [0.29, 0.717) is 17.9 Å². The first-order valence-electron chi connectivity index (χ1n) is 6.20. The lowest BCUT2D eigenvalue weighted by molar-refractivity contribution is 0.317. The number of benzene rings is 1. The van der Waals surface area contributed by atoms with Crippen LogP contribution in [-0.4, -0.2) is 11.6 Å². The van der Waals surface area contributed by atoms with Crippen molar-refractivity contribution < 1.29 is 9.47 Å². The van der Waals surface area contributed by atoms with Gasteiger partial charge in [-0.15, -0.1) is 0 Å². The minimum absolute atomic E-state index is 0.210. The molecule has 0 fully saturated rings. The minimum atomic E-state index is 0.210. The topological polar surface area (TPSA) is 55.1 Å². The third-order valence-electron chi connectivity index (χ3n) is 2.49. The fourth-order valence-corrected chi connectivity index (χ4v) is 1.71. The highest BCUT2D eigenvalue weighted by Crippen LogP contribution is 2.30. The number of hydrogen-bond donors (Lipinski definition) is 0. The highest BCUT2D eigenvalue weighted by molar-refractivity contribution is 6.33. The van der Waals surface area contributed by atoms with Crippen molar-refractivity contribution in [3.8, 4) is 23.4 Å². The standard InChI is InChI=1S/C15H13ClN2O2/c1-2-9-19-12-3-5-13(6-4-12)20-15-14(16)11(10-17)7-8-18-15/h3-8H,2,9H2,1H3. The van der Waals surface area contributed by atoms with E-state index in [2.05, 4.69) is 4.98 Å². The molecule has 5 heteroatoms. The van der Waals surface area contributed by atoms with Crippen molar-refractivity contribution in [2.45, 2.75) is 13.3 Å². The van der Waals surface area contributed by atoms with E-state index in [9.17, 15) is 0 Å². The smallest absolute Gasteiger partial charge is 0.239 e. The molecule has 0 saturated heterocycles. The summed E-state index contributed by atoms with van der Waals surface area (Å²) in [5, 5.41) is 9.10. The molecule has 0 bridgehead atoms. The molecule has 0 unspecified atom stereocenters. The molecule has 0 aliphatic rings. The summed E-state index contributed by atoms with van der Waals surface area (Å²) >= 11 is 6.02. The Balaban J connectivity index is 2.13. The Labute approximate surface area is 122 Å². The summed E-state index contributed by atoms with van der Waals surface area (Å²) in [6.45, 7) is 2.73. The van der Waals surface area contributed by atoms with Crippen LogP contribution < -0.4 is 9.47 Å². The molecular weight excluding hydrogens is 276 g/mol. The number of rotatable bonds is 5. The van der Waals surface area contributed by atoms with Crippen molar-refractivity contribution in [1.82, 2.24) is 4.98 Å². The van der Waals surface area contributed by atoms with Gasteiger partial charge in [0, 0.05) is 6.20 Å². The van der Waals surface area contributed by atoms with E-state index in [1.165, 1.54) is 12.3 Å². The van der Waals surface area contributed by atoms with E-state index >= 15 is 0 Å². The summed E-state index contributed by atoms with van der Waals surface area (Å²) in [4.78, 5) is 4.02. The lowest BCUT2D eigenvalue weighted by Crippen LogP contribution is -1.95. The van der Waals surface area contributed by atoms with Gasteiger partial charge in [0.1, 0.15) is 22.6 Å². The van der Waals surface area contributed by atoms with E-state index in [-0.39, 0.29) is 10.9 Å². The van der Waals surface area contributed by atoms with Gasteiger partial charge in [-0.25, -0.2) is 4.98 Å². The van der Waals surface area contributed by atoms with Crippen molar-refractivity contribution in [3.05, 3.63) is 47.1 Å². The average Bonchev–Trinajstić information content (AvgIpc) is 2.48. The van der Waals surface area contributed by atoms with Crippen LogP contribution in [0.1, 0.15) is 18.9 Å². The van der Waals surface area contributed by atoms with Crippen LogP contribution in [0.4, 0.5) is 0 Å². The highest BCUT2D eigenvalue weighted by atomic mass is 35.5. The van der Waals surface area contributed by atoms with Crippen LogP contribution in [0, 0.1) is 11.3 Å². The van der Waals surface area contributed by atoms with Crippen LogP contribution in [0.15, 0.2) is 36.5 Å². The molecule has 102 valence electrons. The zero-order valence-electron chi connectivity index (χ0n) is 11.0. The molecule has 2 rings (SSSR count). The lowest BCUT2D eigenvalue weighted by atomic mass is 10.3. The maximum atomic E-state index is 8.89. The summed E-state index contributed by atoms with van der Waals surface area (Å²) in [7, 11) is 0. The average molecular weight is 289 g/mol. The van der Waals surface area contributed by atoms with Gasteiger partial charge in [0.05, 0.1) is 12.2 Å². The van der Waals surface area contributed by atoms with Crippen molar-refractivity contribution in [2.24, 2.45) is 0 Å². The van der Waals surface area contributed by atoms with Gasteiger partial charge in [-0.05, 0) is 36.8 Å². The second-order valence-electron chi connectivity index (χ2n) is 4.01. The summed E-state index contributed by atoms with van der Waals surface area (Å²) in [5.74, 6) is 1.58. The Morgan fingerprint density at radius 3 is 2.55 bits per heavy atom. The largest absolute Gasteiger partial charge is 0.494 e. The van der Waals surface area contributed by atoms with E-state index in [1.54, 1.807) is 12.1 Å². The van der Waals surface area contributed by atoms with E-state index in [4.69, 9.17) is 26.3 Å². The Kier molecular flexibility index (Phi) is 4.80. The molecule has 1 aromatic heterocycles. The molecule has 1 heterocycles. The van der Waals surface area contributed by atoms with E-state index < -0.39 is 0 Å². The Morgan fingerprint density at radius 2 is 1.90 bits per heavy atom. The van der Waals surface area contributed by atoms with E-state index in [1.807, 2.05) is 25.1 Å². The summed E-state index contributed by atoms with van der Waals surface area (Å²) in [6.07, 6.45) is 2.44. The number of ether oxygens (including phenoxy) is 2. The van der Waals surface area contributed by atoms with Crippen LogP contribution >= 0.6 is 11.6 Å². The molecule has 20 heavy (non-hydrogen) atoms. The molecule has 0 aliphatic carbocycles. The number of nitriles is 1. The summed E-state index contributed by atoms with van der Waals surface area (Å²) < 4.78 is 11.0. The van der Waals surface area contributed by atoms with Gasteiger partial charge < -0.3 is 9.47 Å². The quantitative estimate of drug-likeness (QED) is 0.828. The Bertz CT molecular complexity index is 621. The molecule has 1 aromatic carbocycles. The van der Waals surface area contributed by atoms with Crippen LogP contribution in [-0.2, 0) is 0 Å². The second kappa shape index (κ2) is 6.78. The predicted octanol–water partition coefficient (Wildman–Crippen LogP) is 4.19. The Hall–Kier alpha value is -2.25. The molecule has 0 aliphatic heterocycles. The third kappa shape index (κ3) is 3.40. The van der Waals surface area contributed by atoms with Crippen molar-refractivity contribution in [3.63, 3.8) is 0 Å². The normalized spacial score (nSPS) is 9.85. The van der Waals surface area contributed by atoms with Gasteiger partial charge in [-0.3, -0.25) is 0 Å². The van der Waals surface area contributed by atoms with E-state index in [0.717, 1.165) is 12.2 Å². The molecule has 0 amide bonds. The van der Waals surface area contributed by atoms with Gasteiger partial charge in [0.2, 0.25) is 5.88 Å². The van der Waals surface area contributed by atoms with Crippen molar-refractivity contribution >= 4 is 11.6 Å². The number of halogens is 1. The molecule has 0 atom stereocenters. The van der Waals surface area contributed by atoms with Crippen LogP contribution in [0.25, 0.3) is 0 Å². The number of hydrogen-bond acceptors (Lipinski definition) is 4. The van der Waals surface area contributed by atoms with Crippen LogP contribution in [0.2, 0.25) is 5.02 Å². The molecule has 4 nitrogen and oxygen atoms in total. The number of nitrogens with zero attached hydrogens (tertiary/aromatic N) is 2. The molecule has 0 N–H and O–H groups in total. The minimum Gasteiger partial charge on any atom is -0.494 e. The lowest BCUT2D eigenvalue weighted by Gasteiger charge is -2.08. The monoisotopic (exact) mass is 288 g/mol. The number of pyridine rings is 1. The Morgan fingerprint density at radius 1 is 1.20 bits per heavy atom. The maximum Gasteiger partial charge on any atom is 0.239 e. The SMILES string of the molecule is CCCOc1ccc(Oc2nccc(C#N)c2Cl)cc1. The fraction of sp³-hybridized carbons (Fsp3) is 0.200. The van der Waals surface area contributed by atoms with Crippen molar-refractivity contribution in [2.75, 3.05) is 6.61 Å². The van der Waals surface area contributed by atoms with Gasteiger partial charge in [-0.2, -0.15) is 5.26 Å². The third-order valence-corrected chi connectivity index (χ3v) is 2.85. The highest BCUT2D eigenvalue weighted by Gasteiger charge is 2.09. The zero-order chi connectivity index (χ0) is 14.4. The number of aromatic nitrogens is 1. The molecule has 2 aromatic rings. The molecule has 0 saturated carbocycles. The van der Waals surface area contributed by atoms with Crippen LogP contribution in [0.3, 0.4) is 0 Å². The summed E-state index contributed by atoms with van der Waals surface area (Å²) in [6, 6.07) is 10.7. The van der Waals surface area contributed by atoms with Gasteiger partial charge in [0.15, 0.2) is 0 Å². The first-order valence-corrected chi connectivity index (χ1v) is 6.57. The molecular formula is C15H13ClN2O2. The first-order chi connectivity index (χ1) is 9.74. The van der Waals surface area contributed by atoms with Gasteiger partial charge >= 0.3 is 0 Å². The fourth-order valence-electron chi connectivity index (χ4n) is 1.52. The molecule has 0 spiro atoms. The first kappa shape index (κ1) is 14.2. The second-order valence-corrected chi connectivity index (χ2v) is 4.39. The van der Waals surface area contributed by atoms with Gasteiger partial charge in [-0.1, -0.05) is 18.5 Å². The summed E-state index contributed by atoms with van der Waals surface area (Å²) in [5.41, 5.74) is 0.333. The molecule has 0 radical (unpaired) electrons.